The van der Waals surface area contributed by atoms with Crippen molar-refractivity contribution in [2.24, 2.45) is 0 Å². The van der Waals surface area contributed by atoms with Gasteiger partial charge in [-0.1, -0.05) is 182 Å². The number of furan rings is 1. The van der Waals surface area contributed by atoms with Crippen LogP contribution in [-0.2, 0) is 0 Å². The lowest BCUT2D eigenvalue weighted by atomic mass is 9.93. The van der Waals surface area contributed by atoms with Crippen LogP contribution in [0.1, 0.15) is 16.4 Å². The van der Waals surface area contributed by atoms with Crippen molar-refractivity contribution < 1.29 is 20.9 Å². The zero-order chi connectivity index (χ0) is 50.3. The number of fused-ring (bicyclic) bond motifs is 5. The molecule has 1 aromatic heterocycles. The van der Waals surface area contributed by atoms with Crippen LogP contribution in [0.3, 0.4) is 0 Å². The van der Waals surface area contributed by atoms with Crippen LogP contribution in [0.2, 0.25) is 0 Å². The third-order valence-electron chi connectivity index (χ3n) is 10.6. The largest absolute Gasteiger partial charge is 0.455 e. The molecule has 0 saturated carbocycles. The summed E-state index contributed by atoms with van der Waals surface area (Å²) in [6, 6.07) is 44.8. The highest BCUT2D eigenvalue weighted by atomic mass is 16.3. The van der Waals surface area contributed by atoms with Crippen LogP contribution < -0.4 is 4.90 Å². The third-order valence-corrected chi connectivity index (χ3v) is 10.6. The zero-order valence-corrected chi connectivity index (χ0v) is 31.9. The maximum Gasteiger partial charge on any atom is 0.143 e. The maximum absolute atomic E-state index is 9.95. The Morgan fingerprint density at radius 2 is 0.783 bits per heavy atom. The van der Waals surface area contributed by atoms with Gasteiger partial charge in [-0.15, -0.1) is 0 Å². The van der Waals surface area contributed by atoms with Crippen LogP contribution in [0.15, 0.2) is 241 Å². The van der Waals surface area contributed by atoms with E-state index in [4.69, 9.17) is 8.53 Å². The van der Waals surface area contributed by atoms with Gasteiger partial charge in [-0.25, -0.2) is 0 Å². The molecule has 0 spiro atoms. The molecule has 0 atom stereocenters. The number of rotatable bonds is 8. The van der Waals surface area contributed by atoms with Crippen LogP contribution in [0, 0.1) is 0 Å². The van der Waals surface area contributed by atoms with Gasteiger partial charge in [0.05, 0.1) is 16.4 Å². The van der Waals surface area contributed by atoms with Crippen molar-refractivity contribution in [3.8, 4) is 55.6 Å². The first-order valence-electron chi connectivity index (χ1n) is 25.5. The Labute approximate surface area is 366 Å². The molecule has 0 aliphatic rings. The Kier molecular flexibility index (Phi) is 6.23. The molecule has 10 aromatic carbocycles. The SMILES string of the molecule is [2H]c1cc(-c2ccccc2)cc([2H])c1-c1c([2H])c(-c2cc([2H])c(N(c3c([2H])cc(-c4ccccc4)cc3[2H])c3c([2H])cc(-c4ccccc4)cc3[2H])c([2H])c2)cc2c1oc1c([2H])c([2H])c3c([2H])cccc3c12. The number of anilines is 3. The first kappa shape index (κ1) is 24.7. The molecule has 11 rings (SSSR count). The van der Waals surface area contributed by atoms with Crippen LogP contribution in [0.5, 0.6) is 0 Å². The lowest BCUT2D eigenvalue weighted by molar-refractivity contribution is 0.670. The average molecular weight is 778 g/mol. The zero-order valence-electron chi connectivity index (χ0n) is 43.9. The summed E-state index contributed by atoms with van der Waals surface area (Å²) in [5, 5.41) is 1.40. The lowest BCUT2D eigenvalue weighted by Crippen LogP contribution is -2.09. The van der Waals surface area contributed by atoms with Gasteiger partial charge < -0.3 is 9.32 Å². The van der Waals surface area contributed by atoms with E-state index in [0.29, 0.717) is 32.8 Å². The van der Waals surface area contributed by atoms with Crippen LogP contribution in [0.4, 0.5) is 17.1 Å². The number of hydrogen-bond donors (Lipinski definition) is 0. The molecular weight excluding hydrogens is 727 g/mol. The van der Waals surface area contributed by atoms with Gasteiger partial charge in [0.15, 0.2) is 0 Å². The Morgan fingerprint density at radius 1 is 0.350 bits per heavy atom. The predicted molar refractivity (Wildman–Crippen MR) is 253 cm³/mol. The van der Waals surface area contributed by atoms with Gasteiger partial charge in [0.2, 0.25) is 0 Å². The van der Waals surface area contributed by atoms with Crippen LogP contribution in [-0.4, -0.2) is 0 Å². The second-order valence-electron chi connectivity index (χ2n) is 14.3. The summed E-state index contributed by atoms with van der Waals surface area (Å²) in [6.07, 6.45) is 0. The van der Waals surface area contributed by atoms with Gasteiger partial charge in [-0.3, -0.25) is 0 Å². The molecule has 1 heterocycles. The fraction of sp³-hybridized carbons (Fsp3) is 0. The van der Waals surface area contributed by atoms with Gasteiger partial charge in [-0.2, -0.15) is 0 Å². The summed E-state index contributed by atoms with van der Waals surface area (Å²) in [5.41, 5.74) is 4.44. The van der Waals surface area contributed by atoms with E-state index in [2.05, 4.69) is 0 Å². The van der Waals surface area contributed by atoms with Gasteiger partial charge in [0, 0.05) is 33.4 Å². The Bertz CT molecular complexity index is 3820. The summed E-state index contributed by atoms with van der Waals surface area (Å²) in [4.78, 5) is 1.30. The Hall–Kier alpha value is -7.94. The van der Waals surface area contributed by atoms with Crippen molar-refractivity contribution in [1.82, 2.24) is 0 Å². The number of nitrogens with zero attached hydrogens (tertiary/aromatic N) is 1. The fourth-order valence-corrected chi connectivity index (χ4v) is 7.62. The quantitative estimate of drug-likeness (QED) is 0.153. The molecular formula is C58H39NO. The van der Waals surface area contributed by atoms with Crippen molar-refractivity contribution in [1.29, 1.82) is 0 Å². The monoisotopic (exact) mass is 777 g/mol. The number of benzene rings is 10. The molecule has 282 valence electrons. The number of hydrogen-bond acceptors (Lipinski definition) is 2. The van der Waals surface area contributed by atoms with Gasteiger partial charge in [0.1, 0.15) is 11.2 Å². The highest BCUT2D eigenvalue weighted by molar-refractivity contribution is 6.21. The molecule has 0 unspecified atom stereocenters. The molecule has 0 aliphatic heterocycles. The highest BCUT2D eigenvalue weighted by Gasteiger charge is 2.19. The van der Waals surface area contributed by atoms with E-state index in [1.165, 1.54) is 23.1 Å². The Balaban J connectivity index is 1.17. The Morgan fingerprint density at radius 3 is 1.28 bits per heavy atom. The van der Waals surface area contributed by atoms with E-state index in [-0.39, 0.29) is 128 Å². The topological polar surface area (TPSA) is 16.4 Å². The van der Waals surface area contributed by atoms with E-state index in [0.717, 1.165) is 16.7 Å². The summed E-state index contributed by atoms with van der Waals surface area (Å²) in [6.45, 7) is 0. The van der Waals surface area contributed by atoms with Crippen molar-refractivity contribution in [3.05, 3.63) is 236 Å². The molecule has 0 amide bonds. The van der Waals surface area contributed by atoms with Crippen molar-refractivity contribution >= 4 is 49.8 Å². The minimum Gasteiger partial charge on any atom is -0.455 e. The van der Waals surface area contributed by atoms with E-state index < -0.39 is 0 Å². The molecule has 0 N–H and O–H groups in total. The summed E-state index contributed by atoms with van der Waals surface area (Å²) >= 11 is 0. The summed E-state index contributed by atoms with van der Waals surface area (Å²) in [5.74, 6) is 0. The molecule has 0 saturated heterocycles. The molecule has 0 fully saturated rings. The predicted octanol–water partition coefficient (Wildman–Crippen LogP) is 16.5. The smallest absolute Gasteiger partial charge is 0.143 e. The summed E-state index contributed by atoms with van der Waals surface area (Å²) < 4.78 is 119. The normalized spacial score (nSPS) is 14.1. The van der Waals surface area contributed by atoms with E-state index in [1.54, 1.807) is 54.6 Å². The van der Waals surface area contributed by atoms with Crippen molar-refractivity contribution in [2.75, 3.05) is 4.90 Å². The molecule has 60 heavy (non-hydrogen) atoms. The highest BCUT2D eigenvalue weighted by Crippen LogP contribution is 2.43. The molecule has 0 radical (unpaired) electrons. The van der Waals surface area contributed by atoms with Gasteiger partial charge >= 0.3 is 0 Å². The fourth-order valence-electron chi connectivity index (χ4n) is 7.62. The molecule has 2 heteroatoms. The van der Waals surface area contributed by atoms with Gasteiger partial charge in [0.25, 0.3) is 0 Å². The summed E-state index contributed by atoms with van der Waals surface area (Å²) in [7, 11) is 0. The molecule has 2 nitrogen and oxygen atoms in total. The van der Waals surface area contributed by atoms with Crippen LogP contribution in [0.25, 0.3) is 88.3 Å². The molecule has 0 aliphatic carbocycles. The lowest BCUT2D eigenvalue weighted by Gasteiger charge is -2.26. The second kappa shape index (κ2) is 15.1. The van der Waals surface area contributed by atoms with E-state index in [1.807, 2.05) is 91.0 Å². The maximum atomic E-state index is 9.95. The van der Waals surface area contributed by atoms with E-state index in [9.17, 15) is 12.3 Å². The van der Waals surface area contributed by atoms with E-state index >= 15 is 0 Å². The van der Waals surface area contributed by atoms with Gasteiger partial charge in [-0.05, 0) is 115 Å². The standard InChI is InChI=1S/C58H39NO/c1-4-12-40(13-5-1)43-20-22-48(23-21-43)54-38-49(39-55-57-53-19-11-10-18-47(53)30-37-56(57)60-58(54)55)46-28-35-52(36-29-46)59(50-31-24-44(25-32-50)41-14-6-2-7-15-41)51-33-26-45(27-34-51)42-16-8-3-9-17-42/h1-39H/i18D,22D,23D,30D,31D,32D,33D,34D,35D,36D,37D,38D. The van der Waals surface area contributed by atoms with Crippen molar-refractivity contribution in [3.63, 3.8) is 0 Å². The first-order chi connectivity index (χ1) is 34.7. The first-order valence-corrected chi connectivity index (χ1v) is 19.5. The second-order valence-corrected chi connectivity index (χ2v) is 14.3. The minimum absolute atomic E-state index is 0.0181. The third kappa shape index (κ3) is 6.51. The molecule has 0 bridgehead atoms. The molecule has 11 aromatic rings. The van der Waals surface area contributed by atoms with Crippen molar-refractivity contribution in [2.45, 2.75) is 0 Å². The average Bonchev–Trinajstić information content (AvgIpc) is 3.75. The van der Waals surface area contributed by atoms with Crippen LogP contribution >= 0.6 is 0 Å². The minimum atomic E-state index is -0.293.